The van der Waals surface area contributed by atoms with Crippen LogP contribution in [0.15, 0.2) is 42.5 Å². The molecule has 2 rings (SSSR count). The highest BCUT2D eigenvalue weighted by Gasteiger charge is 2.34. The van der Waals surface area contributed by atoms with Gasteiger partial charge in [-0.25, -0.2) is 0 Å². The lowest BCUT2D eigenvalue weighted by Gasteiger charge is -2.15. The van der Waals surface area contributed by atoms with E-state index >= 15 is 0 Å². The van der Waals surface area contributed by atoms with Gasteiger partial charge in [-0.3, -0.25) is 0 Å². The Bertz CT molecular complexity index is 635. The highest BCUT2D eigenvalue weighted by atomic mass is 19.4. The highest BCUT2D eigenvalue weighted by Crippen LogP contribution is 2.39. The summed E-state index contributed by atoms with van der Waals surface area (Å²) in [4.78, 5) is 0. The van der Waals surface area contributed by atoms with Crippen molar-refractivity contribution in [1.82, 2.24) is 0 Å². The second-order valence-electron chi connectivity index (χ2n) is 5.23. The maximum absolute atomic E-state index is 13.0. The molecule has 22 heavy (non-hydrogen) atoms. The summed E-state index contributed by atoms with van der Waals surface area (Å²) in [5, 5.41) is 0. The smallest absolute Gasteiger partial charge is 0.420 e. The zero-order chi connectivity index (χ0) is 16.3. The van der Waals surface area contributed by atoms with Crippen LogP contribution < -0.4 is 10.5 Å². The molecular weight excluding hydrogens is 291 g/mol. The van der Waals surface area contributed by atoms with Gasteiger partial charge in [-0.2, -0.15) is 13.2 Å². The fraction of sp³-hybridized carbons (Fsp3) is 0.294. The minimum absolute atomic E-state index is 0.0480. The van der Waals surface area contributed by atoms with E-state index in [1.165, 1.54) is 12.1 Å². The largest absolute Gasteiger partial charge is 0.457 e. The number of halogens is 3. The van der Waals surface area contributed by atoms with E-state index in [1.807, 2.05) is 12.1 Å². The number of nitrogens with two attached hydrogens (primary N) is 1. The average Bonchev–Trinajstić information content (AvgIpc) is 2.48. The second kappa shape index (κ2) is 6.30. The van der Waals surface area contributed by atoms with Crippen LogP contribution in [0.5, 0.6) is 11.5 Å². The lowest BCUT2D eigenvalue weighted by Crippen LogP contribution is -2.08. The minimum Gasteiger partial charge on any atom is -0.457 e. The lowest BCUT2D eigenvalue weighted by atomic mass is 9.99. The molecule has 0 aliphatic carbocycles. The zero-order valence-corrected chi connectivity index (χ0v) is 12.4. The third-order valence-corrected chi connectivity index (χ3v) is 3.60. The lowest BCUT2D eigenvalue weighted by molar-refractivity contribution is -0.138. The summed E-state index contributed by atoms with van der Waals surface area (Å²) in [5.74, 6) is 0.511. The van der Waals surface area contributed by atoms with E-state index in [0.717, 1.165) is 18.1 Å². The van der Waals surface area contributed by atoms with Gasteiger partial charge in [-0.1, -0.05) is 26.0 Å². The quantitative estimate of drug-likeness (QED) is 0.747. The monoisotopic (exact) mass is 309 g/mol. The van der Waals surface area contributed by atoms with Gasteiger partial charge < -0.3 is 10.5 Å². The summed E-state index contributed by atoms with van der Waals surface area (Å²) in [7, 11) is 0. The number of anilines is 1. The van der Waals surface area contributed by atoms with Crippen molar-refractivity contribution in [2.75, 3.05) is 5.73 Å². The van der Waals surface area contributed by atoms with Crippen molar-refractivity contribution in [3.05, 3.63) is 53.6 Å². The fourth-order valence-corrected chi connectivity index (χ4v) is 2.09. The van der Waals surface area contributed by atoms with Crippen molar-refractivity contribution in [2.24, 2.45) is 0 Å². The van der Waals surface area contributed by atoms with Crippen LogP contribution in [-0.2, 0) is 6.18 Å². The molecule has 1 atom stereocenters. The van der Waals surface area contributed by atoms with E-state index in [1.54, 1.807) is 12.1 Å². The van der Waals surface area contributed by atoms with E-state index in [4.69, 9.17) is 10.5 Å². The molecule has 0 spiro atoms. The average molecular weight is 309 g/mol. The number of hydrogen-bond donors (Lipinski definition) is 1. The first kappa shape index (κ1) is 16.2. The number of nitrogen functional groups attached to an aromatic ring is 1. The first-order valence-electron chi connectivity index (χ1n) is 7.05. The summed E-state index contributed by atoms with van der Waals surface area (Å²) in [6.45, 7) is 4.18. The van der Waals surface area contributed by atoms with Gasteiger partial charge in [0.15, 0.2) is 0 Å². The molecule has 0 saturated carbocycles. The van der Waals surface area contributed by atoms with E-state index in [2.05, 4.69) is 13.8 Å². The van der Waals surface area contributed by atoms with E-state index in [9.17, 15) is 13.2 Å². The van der Waals surface area contributed by atoms with Gasteiger partial charge >= 0.3 is 6.18 Å². The van der Waals surface area contributed by atoms with Gasteiger partial charge in [0.2, 0.25) is 0 Å². The second-order valence-corrected chi connectivity index (χ2v) is 5.23. The first-order valence-corrected chi connectivity index (χ1v) is 7.05. The Labute approximate surface area is 127 Å². The SMILES string of the molecule is CC[C@@H](C)c1ccc(Oc2ccc(N)cc2C(F)(F)F)cc1. The van der Waals surface area contributed by atoms with Crippen molar-refractivity contribution < 1.29 is 17.9 Å². The first-order chi connectivity index (χ1) is 10.3. The Balaban J connectivity index is 2.28. The molecule has 2 nitrogen and oxygen atoms in total. The minimum atomic E-state index is -4.51. The molecule has 5 heteroatoms. The highest BCUT2D eigenvalue weighted by molar-refractivity contribution is 5.50. The Morgan fingerprint density at radius 2 is 1.73 bits per heavy atom. The van der Waals surface area contributed by atoms with Crippen molar-refractivity contribution >= 4 is 5.69 Å². The third kappa shape index (κ3) is 3.72. The van der Waals surface area contributed by atoms with Crippen molar-refractivity contribution in [3.63, 3.8) is 0 Å². The number of ether oxygens (including phenoxy) is 1. The molecule has 2 aromatic rings. The molecule has 0 amide bonds. The van der Waals surface area contributed by atoms with Crippen LogP contribution in [0.4, 0.5) is 18.9 Å². The van der Waals surface area contributed by atoms with Crippen molar-refractivity contribution in [1.29, 1.82) is 0 Å². The summed E-state index contributed by atoms with van der Waals surface area (Å²) < 4.78 is 44.4. The molecule has 0 aromatic heterocycles. The van der Waals surface area contributed by atoms with Crippen molar-refractivity contribution in [3.8, 4) is 11.5 Å². The molecule has 2 aromatic carbocycles. The summed E-state index contributed by atoms with van der Waals surface area (Å²) in [6, 6.07) is 10.6. The van der Waals surface area contributed by atoms with Crippen molar-refractivity contribution in [2.45, 2.75) is 32.4 Å². The Morgan fingerprint density at radius 3 is 2.27 bits per heavy atom. The number of benzene rings is 2. The van der Waals surface area contributed by atoms with Gasteiger partial charge in [0.1, 0.15) is 17.1 Å². The standard InChI is InChI=1S/C17H18F3NO/c1-3-11(2)12-4-7-14(8-5-12)22-16-9-6-13(21)10-15(16)17(18,19)20/h4-11H,3,21H2,1-2H3/t11-/m1/s1. The van der Waals surface area contributed by atoms with E-state index in [0.29, 0.717) is 11.7 Å². The molecule has 0 heterocycles. The van der Waals surface area contributed by atoms with Crippen LogP contribution >= 0.6 is 0 Å². The Kier molecular flexibility index (Phi) is 4.64. The summed E-state index contributed by atoms with van der Waals surface area (Å²) >= 11 is 0. The number of hydrogen-bond acceptors (Lipinski definition) is 2. The molecule has 0 aliphatic heterocycles. The van der Waals surface area contributed by atoms with Crippen LogP contribution in [0, 0.1) is 0 Å². The fourth-order valence-electron chi connectivity index (χ4n) is 2.09. The topological polar surface area (TPSA) is 35.2 Å². The van der Waals surface area contributed by atoms with Gasteiger partial charge in [-0.05, 0) is 48.2 Å². The molecule has 0 saturated heterocycles. The molecule has 2 N–H and O–H groups in total. The van der Waals surface area contributed by atoms with Crippen LogP contribution in [0.25, 0.3) is 0 Å². The van der Waals surface area contributed by atoms with Gasteiger partial charge in [-0.15, -0.1) is 0 Å². The van der Waals surface area contributed by atoms with Gasteiger partial charge in [0, 0.05) is 5.69 Å². The Morgan fingerprint density at radius 1 is 1.09 bits per heavy atom. The summed E-state index contributed by atoms with van der Waals surface area (Å²) in [6.07, 6.45) is -3.52. The molecule has 0 bridgehead atoms. The molecular formula is C17H18F3NO. The van der Waals surface area contributed by atoms with Gasteiger partial charge in [0.05, 0.1) is 0 Å². The molecule has 0 aliphatic rings. The van der Waals surface area contributed by atoms with Crippen LogP contribution in [0.3, 0.4) is 0 Å². The molecule has 0 unspecified atom stereocenters. The predicted octanol–water partition coefficient (Wildman–Crippen LogP) is 5.59. The maximum Gasteiger partial charge on any atom is 0.420 e. The zero-order valence-electron chi connectivity index (χ0n) is 12.4. The Hall–Kier alpha value is -2.17. The van der Waals surface area contributed by atoms with E-state index < -0.39 is 11.7 Å². The number of rotatable bonds is 4. The van der Waals surface area contributed by atoms with E-state index in [-0.39, 0.29) is 11.4 Å². The molecule has 0 fully saturated rings. The normalized spacial score (nSPS) is 13.0. The van der Waals surface area contributed by atoms with Crippen LogP contribution in [0.1, 0.15) is 37.3 Å². The maximum atomic E-state index is 13.0. The third-order valence-electron chi connectivity index (χ3n) is 3.60. The molecule has 0 radical (unpaired) electrons. The number of alkyl halides is 3. The van der Waals surface area contributed by atoms with Crippen LogP contribution in [-0.4, -0.2) is 0 Å². The summed E-state index contributed by atoms with van der Waals surface area (Å²) in [5.41, 5.74) is 5.73. The predicted molar refractivity (Wildman–Crippen MR) is 81.1 cm³/mol. The molecule has 118 valence electrons. The van der Waals surface area contributed by atoms with Gasteiger partial charge in [0.25, 0.3) is 0 Å². The van der Waals surface area contributed by atoms with Crippen LogP contribution in [0.2, 0.25) is 0 Å².